The summed E-state index contributed by atoms with van der Waals surface area (Å²) in [5.74, 6) is -2.83. The number of alkyl halides is 3. The van der Waals surface area contributed by atoms with Crippen LogP contribution in [0.1, 0.15) is 11.1 Å². The number of aromatic nitrogens is 2. The predicted molar refractivity (Wildman–Crippen MR) is 117 cm³/mol. The number of nitrogens with zero attached hydrogens (tertiary/aromatic N) is 3. The summed E-state index contributed by atoms with van der Waals surface area (Å²) in [5, 5.41) is 3.27. The van der Waals surface area contributed by atoms with Crippen molar-refractivity contribution in [2.45, 2.75) is 19.6 Å². The zero-order valence-corrected chi connectivity index (χ0v) is 18.8. The second kappa shape index (κ2) is 9.00. The van der Waals surface area contributed by atoms with E-state index in [1.165, 1.54) is 19.1 Å². The molecule has 6 nitrogen and oxygen atoms in total. The SMILES string of the molecule is Cc1c(Cl)cc2c(nc(N3CCNCC3)n2Cc2ccc(F)c(Cl)c2)c1OC(=O)C(F)(F)F. The molecule has 0 bridgehead atoms. The fourth-order valence-corrected chi connectivity index (χ4v) is 4.03. The van der Waals surface area contributed by atoms with Crippen LogP contribution in [0.15, 0.2) is 24.3 Å². The fourth-order valence-electron chi connectivity index (χ4n) is 3.64. The fraction of sp³-hybridized carbons (Fsp3) is 0.333. The molecule has 1 saturated heterocycles. The molecule has 0 spiro atoms. The van der Waals surface area contributed by atoms with Gasteiger partial charge in [-0.05, 0) is 30.7 Å². The molecular formula is C21H18Cl2F4N4O2. The number of anilines is 1. The normalized spacial score (nSPS) is 14.7. The number of ether oxygens (including phenoxy) is 1. The lowest BCUT2D eigenvalue weighted by Crippen LogP contribution is -2.44. The minimum atomic E-state index is -5.18. The molecular weight excluding hydrogens is 487 g/mol. The molecule has 0 amide bonds. The molecule has 1 N–H and O–H groups in total. The lowest BCUT2D eigenvalue weighted by Gasteiger charge is -2.29. The van der Waals surface area contributed by atoms with Crippen LogP contribution in [-0.4, -0.2) is 47.9 Å². The zero-order chi connectivity index (χ0) is 23.9. The number of halogens is 6. The van der Waals surface area contributed by atoms with E-state index < -0.39 is 18.0 Å². The van der Waals surface area contributed by atoms with E-state index in [-0.39, 0.29) is 33.4 Å². The summed E-state index contributed by atoms with van der Waals surface area (Å²) in [6, 6.07) is 5.80. The van der Waals surface area contributed by atoms with Crippen molar-refractivity contribution >= 4 is 46.2 Å². The van der Waals surface area contributed by atoms with Crippen molar-refractivity contribution in [1.29, 1.82) is 0 Å². The van der Waals surface area contributed by atoms with Gasteiger partial charge in [0.25, 0.3) is 0 Å². The van der Waals surface area contributed by atoms with Gasteiger partial charge in [-0.1, -0.05) is 29.3 Å². The first-order chi connectivity index (χ1) is 15.6. The number of rotatable bonds is 4. The number of piperazine rings is 1. The molecule has 4 rings (SSSR count). The van der Waals surface area contributed by atoms with Crippen molar-refractivity contribution in [3.05, 3.63) is 51.3 Å². The molecule has 1 fully saturated rings. The van der Waals surface area contributed by atoms with E-state index in [4.69, 9.17) is 27.9 Å². The molecule has 2 heterocycles. The first kappa shape index (κ1) is 23.6. The van der Waals surface area contributed by atoms with E-state index in [0.717, 1.165) is 0 Å². The minimum absolute atomic E-state index is 0.0608. The van der Waals surface area contributed by atoms with Crippen molar-refractivity contribution in [2.75, 3.05) is 31.1 Å². The van der Waals surface area contributed by atoms with Crippen LogP contribution in [0.5, 0.6) is 5.75 Å². The van der Waals surface area contributed by atoms with Gasteiger partial charge in [0.05, 0.1) is 17.1 Å². The summed E-state index contributed by atoms with van der Waals surface area (Å²) in [6.45, 7) is 4.18. The topological polar surface area (TPSA) is 59.4 Å². The Morgan fingerprint density at radius 1 is 1.18 bits per heavy atom. The summed E-state index contributed by atoms with van der Waals surface area (Å²) in [7, 11) is 0. The molecule has 0 radical (unpaired) electrons. The molecule has 0 atom stereocenters. The molecule has 0 saturated carbocycles. The maximum Gasteiger partial charge on any atom is 0.491 e. The second-order valence-corrected chi connectivity index (χ2v) is 8.37. The van der Waals surface area contributed by atoms with Crippen LogP contribution in [0.4, 0.5) is 23.5 Å². The molecule has 2 aromatic carbocycles. The third kappa shape index (κ3) is 4.73. The van der Waals surface area contributed by atoms with Crippen molar-refractivity contribution in [2.24, 2.45) is 0 Å². The van der Waals surface area contributed by atoms with Crippen molar-refractivity contribution in [3.63, 3.8) is 0 Å². The average molecular weight is 505 g/mol. The number of fused-ring (bicyclic) bond motifs is 1. The zero-order valence-electron chi connectivity index (χ0n) is 17.3. The average Bonchev–Trinajstić information content (AvgIpc) is 3.11. The lowest BCUT2D eigenvalue weighted by atomic mass is 10.1. The van der Waals surface area contributed by atoms with Gasteiger partial charge in [0, 0.05) is 36.8 Å². The first-order valence-electron chi connectivity index (χ1n) is 9.94. The Labute approximate surface area is 196 Å². The van der Waals surface area contributed by atoms with Crippen LogP contribution < -0.4 is 15.0 Å². The molecule has 1 aliphatic rings. The molecule has 1 aliphatic heterocycles. The molecule has 33 heavy (non-hydrogen) atoms. The van der Waals surface area contributed by atoms with Gasteiger partial charge in [-0.15, -0.1) is 0 Å². The second-order valence-electron chi connectivity index (χ2n) is 7.55. The van der Waals surface area contributed by atoms with E-state index in [1.807, 2.05) is 4.90 Å². The summed E-state index contributed by atoms with van der Waals surface area (Å²) in [4.78, 5) is 18.1. The van der Waals surface area contributed by atoms with Crippen LogP contribution in [0, 0.1) is 12.7 Å². The van der Waals surface area contributed by atoms with E-state index in [1.54, 1.807) is 16.7 Å². The smallest absolute Gasteiger partial charge is 0.417 e. The van der Waals surface area contributed by atoms with Gasteiger partial charge in [-0.3, -0.25) is 0 Å². The number of hydrogen-bond donors (Lipinski definition) is 1. The first-order valence-corrected chi connectivity index (χ1v) is 10.7. The third-order valence-electron chi connectivity index (χ3n) is 5.31. The number of imidazole rings is 1. The highest BCUT2D eigenvalue weighted by atomic mass is 35.5. The van der Waals surface area contributed by atoms with Gasteiger partial charge in [-0.2, -0.15) is 13.2 Å². The Morgan fingerprint density at radius 3 is 2.52 bits per heavy atom. The van der Waals surface area contributed by atoms with Crippen LogP contribution in [0.25, 0.3) is 11.0 Å². The van der Waals surface area contributed by atoms with E-state index >= 15 is 0 Å². The Balaban J connectivity index is 1.89. The maximum absolute atomic E-state index is 13.6. The summed E-state index contributed by atoms with van der Waals surface area (Å²) in [6.07, 6.45) is -5.18. The van der Waals surface area contributed by atoms with Gasteiger partial charge in [0.15, 0.2) is 5.75 Å². The molecule has 12 heteroatoms. The van der Waals surface area contributed by atoms with Crippen molar-refractivity contribution < 1.29 is 27.1 Å². The van der Waals surface area contributed by atoms with Gasteiger partial charge in [0.2, 0.25) is 5.95 Å². The largest absolute Gasteiger partial charge is 0.491 e. The number of carbonyl (C=O) groups is 1. The minimum Gasteiger partial charge on any atom is -0.417 e. The Kier molecular flexibility index (Phi) is 6.43. The van der Waals surface area contributed by atoms with E-state index in [0.29, 0.717) is 43.2 Å². The molecule has 176 valence electrons. The van der Waals surface area contributed by atoms with Gasteiger partial charge < -0.3 is 19.5 Å². The number of carbonyl (C=O) groups excluding carboxylic acids is 1. The highest BCUT2D eigenvalue weighted by Gasteiger charge is 2.42. The van der Waals surface area contributed by atoms with Crippen LogP contribution in [0.2, 0.25) is 10.0 Å². The van der Waals surface area contributed by atoms with Gasteiger partial charge in [0.1, 0.15) is 11.3 Å². The van der Waals surface area contributed by atoms with E-state index in [2.05, 4.69) is 10.3 Å². The number of nitrogens with one attached hydrogen (secondary N) is 1. The molecule has 0 unspecified atom stereocenters. The number of benzene rings is 2. The number of esters is 1. The lowest BCUT2D eigenvalue weighted by molar-refractivity contribution is -0.189. The van der Waals surface area contributed by atoms with Crippen molar-refractivity contribution in [1.82, 2.24) is 14.9 Å². The molecule has 3 aromatic rings. The Bertz CT molecular complexity index is 1220. The summed E-state index contributed by atoms with van der Waals surface area (Å²) in [5.41, 5.74) is 1.23. The maximum atomic E-state index is 13.6. The van der Waals surface area contributed by atoms with Crippen molar-refractivity contribution in [3.8, 4) is 5.75 Å². The standard InChI is InChI=1S/C21H18Cl2F4N4O2/c1-11-13(22)9-16-17(18(11)33-19(32)21(25,26)27)29-20(30-6-4-28-5-7-30)31(16)10-12-2-3-15(24)14(23)8-12/h2-3,8-9,28H,4-7,10H2,1H3. The Hall–Kier alpha value is -2.56. The Morgan fingerprint density at radius 2 is 1.88 bits per heavy atom. The van der Waals surface area contributed by atoms with Gasteiger partial charge >= 0.3 is 12.1 Å². The third-order valence-corrected chi connectivity index (χ3v) is 6.00. The number of hydrogen-bond acceptors (Lipinski definition) is 5. The predicted octanol–water partition coefficient (Wildman–Crippen LogP) is 4.72. The van der Waals surface area contributed by atoms with Crippen LogP contribution in [0.3, 0.4) is 0 Å². The monoisotopic (exact) mass is 504 g/mol. The highest BCUT2D eigenvalue weighted by molar-refractivity contribution is 6.32. The quantitative estimate of drug-likeness (QED) is 0.316. The van der Waals surface area contributed by atoms with Gasteiger partial charge in [-0.25, -0.2) is 14.2 Å². The summed E-state index contributed by atoms with van der Waals surface area (Å²) < 4.78 is 58.8. The molecule has 1 aromatic heterocycles. The van der Waals surface area contributed by atoms with Crippen LogP contribution in [-0.2, 0) is 11.3 Å². The highest BCUT2D eigenvalue weighted by Crippen LogP contribution is 2.38. The van der Waals surface area contributed by atoms with E-state index in [9.17, 15) is 22.4 Å². The summed E-state index contributed by atoms with van der Waals surface area (Å²) >= 11 is 12.2. The van der Waals surface area contributed by atoms with Crippen LogP contribution >= 0.6 is 23.2 Å². The molecule has 0 aliphatic carbocycles.